The van der Waals surface area contributed by atoms with Crippen LogP contribution in [0.4, 0.5) is 8.78 Å². The van der Waals surface area contributed by atoms with Crippen molar-refractivity contribution in [3.05, 3.63) is 11.8 Å². The SMILES string of the molecule is CC(C)(C)c1nnc(C(=O)N2CCN(CC(F)(F)CO)CC2)o1. The number of aliphatic hydroxyl groups excluding tert-OH is 1. The molecule has 1 aliphatic heterocycles. The summed E-state index contributed by atoms with van der Waals surface area (Å²) in [5.41, 5.74) is -0.347. The number of hydrogen-bond acceptors (Lipinski definition) is 6. The van der Waals surface area contributed by atoms with Gasteiger partial charge in [-0.3, -0.25) is 9.69 Å². The molecule has 1 fully saturated rings. The van der Waals surface area contributed by atoms with Gasteiger partial charge in [-0.2, -0.15) is 0 Å². The molecule has 0 bridgehead atoms. The van der Waals surface area contributed by atoms with Crippen molar-refractivity contribution in [1.29, 1.82) is 0 Å². The number of aliphatic hydroxyl groups is 1. The van der Waals surface area contributed by atoms with Crippen LogP contribution in [0.5, 0.6) is 0 Å². The molecule has 0 atom stereocenters. The van der Waals surface area contributed by atoms with Gasteiger partial charge in [0.05, 0.1) is 6.54 Å². The number of nitrogens with zero attached hydrogens (tertiary/aromatic N) is 4. The van der Waals surface area contributed by atoms with Crippen molar-refractivity contribution in [2.45, 2.75) is 32.1 Å². The smallest absolute Gasteiger partial charge is 0.311 e. The minimum absolute atomic E-state index is 0.0796. The highest BCUT2D eigenvalue weighted by molar-refractivity contribution is 5.89. The van der Waals surface area contributed by atoms with Crippen LogP contribution in [0.1, 0.15) is 37.3 Å². The number of amides is 1. The predicted molar refractivity (Wildman–Crippen MR) is 77.4 cm³/mol. The summed E-state index contributed by atoms with van der Waals surface area (Å²) in [6.07, 6.45) is 0. The number of alkyl halides is 2. The summed E-state index contributed by atoms with van der Waals surface area (Å²) in [5, 5.41) is 16.3. The molecule has 0 saturated carbocycles. The Morgan fingerprint density at radius 3 is 2.30 bits per heavy atom. The van der Waals surface area contributed by atoms with Gasteiger partial charge >= 0.3 is 11.8 Å². The average Bonchev–Trinajstić information content (AvgIpc) is 2.97. The first-order chi connectivity index (χ1) is 10.6. The Labute approximate surface area is 133 Å². The third-order valence-corrected chi connectivity index (χ3v) is 3.60. The standard InChI is InChI=1S/C14H22F2N4O3/c1-13(2,3)12-18-17-10(23-12)11(22)20-6-4-19(5-7-20)8-14(15,16)9-21/h21H,4-9H2,1-3H3. The van der Waals surface area contributed by atoms with Crippen LogP contribution in [0.2, 0.25) is 0 Å². The molecule has 130 valence electrons. The number of rotatable bonds is 4. The Morgan fingerprint density at radius 1 is 1.22 bits per heavy atom. The minimum Gasteiger partial charge on any atom is -0.416 e. The van der Waals surface area contributed by atoms with E-state index in [9.17, 15) is 13.6 Å². The van der Waals surface area contributed by atoms with Gasteiger partial charge in [0.15, 0.2) is 0 Å². The van der Waals surface area contributed by atoms with E-state index in [1.165, 1.54) is 9.80 Å². The summed E-state index contributed by atoms with van der Waals surface area (Å²) < 4.78 is 31.7. The molecule has 1 aromatic heterocycles. The molecule has 0 unspecified atom stereocenters. The quantitative estimate of drug-likeness (QED) is 0.876. The monoisotopic (exact) mass is 332 g/mol. The largest absolute Gasteiger partial charge is 0.416 e. The highest BCUT2D eigenvalue weighted by Gasteiger charge is 2.34. The molecule has 0 aliphatic carbocycles. The third kappa shape index (κ3) is 4.44. The highest BCUT2D eigenvalue weighted by atomic mass is 19.3. The van der Waals surface area contributed by atoms with Crippen molar-refractivity contribution < 1.29 is 23.1 Å². The fourth-order valence-corrected chi connectivity index (χ4v) is 2.23. The van der Waals surface area contributed by atoms with Crippen molar-refractivity contribution in [2.75, 3.05) is 39.3 Å². The molecule has 1 saturated heterocycles. The fraction of sp³-hybridized carbons (Fsp3) is 0.786. The molecule has 1 aliphatic rings. The topological polar surface area (TPSA) is 82.7 Å². The molecule has 9 heteroatoms. The Kier molecular flexibility index (Phi) is 5.00. The summed E-state index contributed by atoms with van der Waals surface area (Å²) in [4.78, 5) is 15.3. The first-order valence-electron chi connectivity index (χ1n) is 7.47. The zero-order valence-corrected chi connectivity index (χ0v) is 13.6. The van der Waals surface area contributed by atoms with Crippen LogP contribution in [0.3, 0.4) is 0 Å². The van der Waals surface area contributed by atoms with Crippen LogP contribution in [0, 0.1) is 0 Å². The number of halogens is 2. The number of carbonyl (C=O) groups excluding carboxylic acids is 1. The van der Waals surface area contributed by atoms with E-state index >= 15 is 0 Å². The maximum absolute atomic E-state index is 13.2. The van der Waals surface area contributed by atoms with E-state index in [0.717, 1.165) is 0 Å². The van der Waals surface area contributed by atoms with Gasteiger partial charge in [0.25, 0.3) is 5.92 Å². The fourth-order valence-electron chi connectivity index (χ4n) is 2.23. The lowest BCUT2D eigenvalue weighted by Gasteiger charge is -2.35. The lowest BCUT2D eigenvalue weighted by molar-refractivity contribution is -0.0774. The molecule has 23 heavy (non-hydrogen) atoms. The van der Waals surface area contributed by atoms with Crippen molar-refractivity contribution in [1.82, 2.24) is 20.0 Å². The Balaban J connectivity index is 1.92. The molecule has 0 radical (unpaired) electrons. The molecular formula is C14H22F2N4O3. The molecule has 1 amide bonds. The second kappa shape index (κ2) is 6.48. The number of aromatic nitrogens is 2. The van der Waals surface area contributed by atoms with E-state index < -0.39 is 19.1 Å². The van der Waals surface area contributed by atoms with E-state index in [0.29, 0.717) is 32.1 Å². The number of carbonyl (C=O) groups is 1. The van der Waals surface area contributed by atoms with E-state index in [1.54, 1.807) is 0 Å². The minimum atomic E-state index is -3.12. The van der Waals surface area contributed by atoms with E-state index in [1.807, 2.05) is 20.8 Å². The van der Waals surface area contributed by atoms with Crippen molar-refractivity contribution in [2.24, 2.45) is 0 Å². The van der Waals surface area contributed by atoms with Crippen LogP contribution in [0.15, 0.2) is 4.42 Å². The van der Waals surface area contributed by atoms with Gasteiger partial charge in [-0.15, -0.1) is 10.2 Å². The van der Waals surface area contributed by atoms with Gasteiger partial charge in [-0.1, -0.05) is 20.8 Å². The van der Waals surface area contributed by atoms with Gasteiger partial charge in [-0.25, -0.2) is 8.78 Å². The maximum Gasteiger partial charge on any atom is 0.311 e. The number of piperazine rings is 1. The third-order valence-electron chi connectivity index (χ3n) is 3.60. The first kappa shape index (κ1) is 17.7. The second-order valence-corrected chi connectivity index (χ2v) is 6.74. The van der Waals surface area contributed by atoms with Gasteiger partial charge in [0.1, 0.15) is 6.61 Å². The van der Waals surface area contributed by atoms with E-state index in [-0.39, 0.29) is 17.2 Å². The van der Waals surface area contributed by atoms with Gasteiger partial charge in [-0.05, 0) is 0 Å². The number of hydrogen-bond donors (Lipinski definition) is 1. The highest BCUT2D eigenvalue weighted by Crippen LogP contribution is 2.21. The molecule has 7 nitrogen and oxygen atoms in total. The van der Waals surface area contributed by atoms with Crippen LogP contribution in [-0.4, -0.2) is 76.3 Å². The molecule has 1 aromatic rings. The summed E-state index contributed by atoms with van der Waals surface area (Å²) in [6, 6.07) is 0. The second-order valence-electron chi connectivity index (χ2n) is 6.74. The van der Waals surface area contributed by atoms with Crippen molar-refractivity contribution in [3.63, 3.8) is 0 Å². The van der Waals surface area contributed by atoms with Crippen LogP contribution >= 0.6 is 0 Å². The van der Waals surface area contributed by atoms with Gasteiger partial charge in [0.2, 0.25) is 5.89 Å². The van der Waals surface area contributed by atoms with Crippen LogP contribution in [0.25, 0.3) is 0 Å². The zero-order valence-electron chi connectivity index (χ0n) is 13.6. The van der Waals surface area contributed by atoms with Crippen molar-refractivity contribution in [3.8, 4) is 0 Å². The summed E-state index contributed by atoms with van der Waals surface area (Å²) in [5.74, 6) is -3.21. The first-order valence-corrected chi connectivity index (χ1v) is 7.47. The normalized spacial score (nSPS) is 17.6. The van der Waals surface area contributed by atoms with Gasteiger partial charge < -0.3 is 14.4 Å². The lowest BCUT2D eigenvalue weighted by Crippen LogP contribution is -2.52. The Hall–Kier alpha value is -1.61. The van der Waals surface area contributed by atoms with Crippen molar-refractivity contribution >= 4 is 5.91 Å². The average molecular weight is 332 g/mol. The molecule has 2 rings (SSSR count). The Bertz CT molecular complexity index is 548. The van der Waals surface area contributed by atoms with E-state index in [2.05, 4.69) is 10.2 Å². The zero-order chi connectivity index (χ0) is 17.3. The summed E-state index contributed by atoms with van der Waals surface area (Å²) in [7, 11) is 0. The predicted octanol–water partition coefficient (Wildman–Crippen LogP) is 0.752. The van der Waals surface area contributed by atoms with E-state index in [4.69, 9.17) is 9.52 Å². The maximum atomic E-state index is 13.2. The molecule has 0 spiro atoms. The van der Waals surface area contributed by atoms with Crippen LogP contribution < -0.4 is 0 Å². The molecule has 0 aromatic carbocycles. The molecular weight excluding hydrogens is 310 g/mol. The molecule has 2 heterocycles. The van der Waals surface area contributed by atoms with Crippen LogP contribution in [-0.2, 0) is 5.41 Å². The summed E-state index contributed by atoms with van der Waals surface area (Å²) >= 11 is 0. The van der Waals surface area contributed by atoms with Gasteiger partial charge in [0, 0.05) is 31.6 Å². The Morgan fingerprint density at radius 2 is 1.83 bits per heavy atom. The lowest BCUT2D eigenvalue weighted by atomic mass is 9.97. The molecule has 1 N–H and O–H groups in total. The summed E-state index contributed by atoms with van der Waals surface area (Å²) in [6.45, 7) is 5.22.